The number of carboxylic acid groups (broad SMARTS) is 1. The van der Waals surface area contributed by atoms with E-state index in [2.05, 4.69) is 15.3 Å². The molecule has 0 N–H and O–H groups in total. The highest BCUT2D eigenvalue weighted by atomic mass is 19.4. The van der Waals surface area contributed by atoms with Crippen LogP contribution >= 0.6 is 0 Å². The predicted molar refractivity (Wildman–Crippen MR) is 84.7 cm³/mol. The van der Waals surface area contributed by atoms with E-state index in [-0.39, 0.29) is 12.1 Å². The molecule has 7 nitrogen and oxygen atoms in total. The van der Waals surface area contributed by atoms with Gasteiger partial charge in [-0.3, -0.25) is 4.98 Å². The Bertz CT molecular complexity index is 968. The summed E-state index contributed by atoms with van der Waals surface area (Å²) in [7, 11) is 1.48. The molecule has 0 aliphatic rings. The largest absolute Gasteiger partial charge is 0.543 e. The molecule has 0 aliphatic carbocycles. The minimum absolute atomic E-state index is 0.0718. The van der Waals surface area contributed by atoms with E-state index in [1.165, 1.54) is 13.2 Å². The van der Waals surface area contributed by atoms with E-state index in [0.717, 1.165) is 16.9 Å². The molecule has 0 spiro atoms. The Morgan fingerprint density at radius 2 is 1.93 bits per heavy atom. The van der Waals surface area contributed by atoms with Gasteiger partial charge in [0, 0.05) is 11.8 Å². The third-order valence-electron chi connectivity index (χ3n) is 3.74. The molecule has 2 aromatic heterocycles. The normalized spacial score (nSPS) is 11.4. The first-order chi connectivity index (χ1) is 12.8. The molecule has 1 aromatic carbocycles. The first-order valence-corrected chi connectivity index (χ1v) is 7.61. The number of alkyl halides is 3. The van der Waals surface area contributed by atoms with Crippen molar-refractivity contribution in [1.82, 2.24) is 20.0 Å². The number of nitrogens with zero attached hydrogens (tertiary/aromatic N) is 4. The van der Waals surface area contributed by atoms with E-state index in [1.807, 2.05) is 0 Å². The van der Waals surface area contributed by atoms with Gasteiger partial charge in [0.05, 0.1) is 25.3 Å². The number of halogens is 3. The van der Waals surface area contributed by atoms with Gasteiger partial charge in [0.25, 0.3) is 0 Å². The van der Waals surface area contributed by atoms with Gasteiger partial charge in [0.15, 0.2) is 5.69 Å². The lowest BCUT2D eigenvalue weighted by atomic mass is 10.1. The molecule has 0 atom stereocenters. The number of methoxy groups -OCH3 is 1. The average molecular weight is 377 g/mol. The maximum Gasteiger partial charge on any atom is 0.435 e. The van der Waals surface area contributed by atoms with E-state index in [0.29, 0.717) is 11.3 Å². The van der Waals surface area contributed by atoms with E-state index in [9.17, 15) is 23.1 Å². The second-order valence-corrected chi connectivity index (χ2v) is 5.51. The number of rotatable bonds is 5. The van der Waals surface area contributed by atoms with Crippen LogP contribution in [0.4, 0.5) is 13.2 Å². The summed E-state index contributed by atoms with van der Waals surface area (Å²) in [6.45, 7) is -0.176. The maximum absolute atomic E-state index is 13.6. The van der Waals surface area contributed by atoms with Crippen molar-refractivity contribution in [3.63, 3.8) is 0 Å². The minimum Gasteiger partial charge on any atom is -0.543 e. The molecule has 2 heterocycles. The Labute approximate surface area is 151 Å². The molecular formula is C17H12F3N4O3-. The van der Waals surface area contributed by atoms with Crippen LogP contribution in [-0.2, 0) is 12.7 Å². The lowest BCUT2D eigenvalue weighted by molar-refractivity contribution is -0.255. The van der Waals surface area contributed by atoms with Crippen molar-refractivity contribution in [3.8, 4) is 17.0 Å². The van der Waals surface area contributed by atoms with Crippen LogP contribution in [0.3, 0.4) is 0 Å². The summed E-state index contributed by atoms with van der Waals surface area (Å²) in [5.41, 5.74) is -1.58. The van der Waals surface area contributed by atoms with Crippen LogP contribution in [0.15, 0.2) is 42.6 Å². The molecule has 0 fully saturated rings. The van der Waals surface area contributed by atoms with Gasteiger partial charge in [-0.15, -0.1) is 5.10 Å². The Hall–Kier alpha value is -3.43. The van der Waals surface area contributed by atoms with Crippen molar-refractivity contribution in [3.05, 3.63) is 59.5 Å². The highest BCUT2D eigenvalue weighted by Gasteiger charge is 2.39. The summed E-state index contributed by atoms with van der Waals surface area (Å²) in [5.74, 6) is -1.03. The van der Waals surface area contributed by atoms with Crippen LogP contribution in [0.2, 0.25) is 0 Å². The molecule has 0 saturated carbocycles. The van der Waals surface area contributed by atoms with Crippen molar-refractivity contribution in [2.45, 2.75) is 12.7 Å². The Kier molecular flexibility index (Phi) is 4.80. The van der Waals surface area contributed by atoms with Crippen LogP contribution < -0.4 is 9.84 Å². The molecule has 10 heteroatoms. The number of hydrogen-bond acceptors (Lipinski definition) is 6. The first-order valence-electron chi connectivity index (χ1n) is 7.61. The standard InChI is InChI=1S/C17H13F3N4O3/c1-27-12-4-2-10(3-5-12)9-24-15(17(18,19)20)14(22-23-24)11-6-7-21-13(8-11)16(25)26/h2-8H,9H2,1H3,(H,25,26)/p-1. The fourth-order valence-corrected chi connectivity index (χ4v) is 2.49. The molecule has 0 radical (unpaired) electrons. The number of aromatic nitrogens is 4. The van der Waals surface area contributed by atoms with Gasteiger partial charge in [0.2, 0.25) is 0 Å². The SMILES string of the molecule is COc1ccc(Cn2nnc(-c3ccnc(C(=O)[O-])c3)c2C(F)(F)F)cc1. The van der Waals surface area contributed by atoms with Crippen LogP contribution in [0.25, 0.3) is 11.3 Å². The van der Waals surface area contributed by atoms with Crippen molar-refractivity contribution < 1.29 is 27.8 Å². The van der Waals surface area contributed by atoms with Gasteiger partial charge in [-0.25, -0.2) is 4.68 Å². The zero-order valence-corrected chi connectivity index (χ0v) is 13.9. The van der Waals surface area contributed by atoms with Crippen LogP contribution in [-0.4, -0.2) is 33.1 Å². The smallest absolute Gasteiger partial charge is 0.435 e. The van der Waals surface area contributed by atoms with Gasteiger partial charge in [-0.1, -0.05) is 17.3 Å². The molecule has 140 valence electrons. The van der Waals surface area contributed by atoms with Crippen molar-refractivity contribution in [1.29, 1.82) is 0 Å². The lowest BCUT2D eigenvalue weighted by Gasteiger charge is -2.12. The van der Waals surface area contributed by atoms with Crippen molar-refractivity contribution in [2.75, 3.05) is 7.11 Å². The first kappa shape index (κ1) is 18.4. The van der Waals surface area contributed by atoms with Crippen LogP contribution in [0, 0.1) is 0 Å². The highest BCUT2D eigenvalue weighted by molar-refractivity contribution is 5.85. The molecule has 0 unspecified atom stereocenters. The van der Waals surface area contributed by atoms with Gasteiger partial charge >= 0.3 is 6.18 Å². The summed E-state index contributed by atoms with van der Waals surface area (Å²) in [4.78, 5) is 14.5. The fraction of sp³-hybridized carbons (Fsp3) is 0.176. The number of carboxylic acids is 1. The van der Waals surface area contributed by atoms with E-state index >= 15 is 0 Å². The molecule has 3 rings (SSSR count). The number of aromatic carboxylic acids is 1. The zero-order chi connectivity index (χ0) is 19.6. The molecule has 27 heavy (non-hydrogen) atoms. The van der Waals surface area contributed by atoms with Crippen molar-refractivity contribution in [2.24, 2.45) is 0 Å². The minimum atomic E-state index is -4.75. The van der Waals surface area contributed by atoms with E-state index in [4.69, 9.17) is 4.74 Å². The number of carbonyl (C=O) groups excluding carboxylic acids is 1. The van der Waals surface area contributed by atoms with Gasteiger partial charge in [0.1, 0.15) is 11.4 Å². The quantitative estimate of drug-likeness (QED) is 0.673. The summed E-state index contributed by atoms with van der Waals surface area (Å²) in [5, 5.41) is 18.1. The third kappa shape index (κ3) is 3.89. The second kappa shape index (κ2) is 7.06. The molecule has 0 aliphatic heterocycles. The van der Waals surface area contributed by atoms with Gasteiger partial charge in [-0.05, 0) is 29.8 Å². The van der Waals surface area contributed by atoms with Gasteiger partial charge < -0.3 is 14.6 Å². The fourth-order valence-electron chi connectivity index (χ4n) is 2.49. The topological polar surface area (TPSA) is 93.0 Å². The predicted octanol–water partition coefficient (Wildman–Crippen LogP) is 1.78. The van der Waals surface area contributed by atoms with Crippen molar-refractivity contribution >= 4 is 5.97 Å². The molecular weight excluding hydrogens is 365 g/mol. The molecule has 0 amide bonds. The number of hydrogen-bond donors (Lipinski definition) is 0. The van der Waals surface area contributed by atoms with Gasteiger partial charge in [-0.2, -0.15) is 13.2 Å². The average Bonchev–Trinajstić information content (AvgIpc) is 3.06. The maximum atomic E-state index is 13.6. The monoisotopic (exact) mass is 377 g/mol. The number of carbonyl (C=O) groups is 1. The summed E-state index contributed by atoms with van der Waals surface area (Å²) in [6, 6.07) is 8.66. The van der Waals surface area contributed by atoms with Crippen LogP contribution in [0.1, 0.15) is 21.7 Å². The molecule has 3 aromatic rings. The summed E-state index contributed by atoms with van der Waals surface area (Å²) >= 11 is 0. The van der Waals surface area contributed by atoms with E-state index < -0.39 is 29.2 Å². The van der Waals surface area contributed by atoms with Crippen LogP contribution in [0.5, 0.6) is 5.75 Å². The Morgan fingerprint density at radius 3 is 2.52 bits per heavy atom. The Morgan fingerprint density at radius 1 is 1.22 bits per heavy atom. The Balaban J connectivity index is 2.04. The number of pyridine rings is 1. The molecule has 0 bridgehead atoms. The lowest BCUT2D eigenvalue weighted by Crippen LogP contribution is -2.23. The summed E-state index contributed by atoms with van der Waals surface area (Å²) in [6.07, 6.45) is -3.68. The van der Waals surface area contributed by atoms with E-state index in [1.54, 1.807) is 24.3 Å². The highest BCUT2D eigenvalue weighted by Crippen LogP contribution is 2.36. The summed E-state index contributed by atoms with van der Waals surface area (Å²) < 4.78 is 46.7. The zero-order valence-electron chi connectivity index (χ0n) is 13.9. The number of ether oxygens (including phenoxy) is 1. The molecule has 0 saturated heterocycles. The third-order valence-corrected chi connectivity index (χ3v) is 3.74. The second-order valence-electron chi connectivity index (χ2n) is 5.51. The number of benzene rings is 1.